The number of likely N-dealkylation sites (tertiary alicyclic amines) is 1. The van der Waals surface area contributed by atoms with Gasteiger partial charge in [0.25, 0.3) is 0 Å². The standard InChI is InChI=1S/C16H19N.BrH/c1-17-11-9-14(10-12-17)16-8-4-6-13-5-2-3-7-15(13)16;/h2-8,14H,9-12H2,1H3;1H. The predicted molar refractivity (Wildman–Crippen MR) is 83.7 cm³/mol. The third-order valence-electron chi connectivity index (χ3n) is 3.98. The van der Waals surface area contributed by atoms with E-state index < -0.39 is 0 Å². The molecule has 1 nitrogen and oxygen atoms in total. The summed E-state index contributed by atoms with van der Waals surface area (Å²) in [5.74, 6) is 0.747. The smallest absolute Gasteiger partial charge is 0.00159 e. The minimum Gasteiger partial charge on any atom is -0.306 e. The average molecular weight is 306 g/mol. The second-order valence-electron chi connectivity index (χ2n) is 5.15. The van der Waals surface area contributed by atoms with Crippen LogP contribution in [-0.4, -0.2) is 25.0 Å². The molecule has 3 rings (SSSR count). The summed E-state index contributed by atoms with van der Waals surface area (Å²) in [6.45, 7) is 2.46. The molecule has 1 heterocycles. The first-order valence-corrected chi connectivity index (χ1v) is 6.51. The molecule has 0 radical (unpaired) electrons. The van der Waals surface area contributed by atoms with Crippen LogP contribution in [0.1, 0.15) is 24.3 Å². The zero-order chi connectivity index (χ0) is 11.7. The molecule has 1 aliphatic rings. The van der Waals surface area contributed by atoms with Crippen molar-refractivity contribution in [2.45, 2.75) is 18.8 Å². The van der Waals surface area contributed by atoms with Gasteiger partial charge in [-0.1, -0.05) is 42.5 Å². The van der Waals surface area contributed by atoms with Crippen LogP contribution in [0.15, 0.2) is 42.5 Å². The first-order chi connectivity index (χ1) is 8.34. The summed E-state index contributed by atoms with van der Waals surface area (Å²) in [5.41, 5.74) is 1.55. The van der Waals surface area contributed by atoms with Crippen LogP contribution in [0.25, 0.3) is 10.8 Å². The van der Waals surface area contributed by atoms with Crippen molar-refractivity contribution in [3.8, 4) is 0 Å². The van der Waals surface area contributed by atoms with E-state index in [9.17, 15) is 0 Å². The molecule has 2 heteroatoms. The van der Waals surface area contributed by atoms with Crippen LogP contribution < -0.4 is 0 Å². The molecule has 96 valence electrons. The lowest BCUT2D eigenvalue weighted by molar-refractivity contribution is 0.256. The topological polar surface area (TPSA) is 3.24 Å². The molecule has 0 atom stereocenters. The summed E-state index contributed by atoms with van der Waals surface area (Å²) >= 11 is 0. The van der Waals surface area contributed by atoms with Crippen molar-refractivity contribution in [1.29, 1.82) is 0 Å². The highest BCUT2D eigenvalue weighted by molar-refractivity contribution is 8.93. The molecule has 0 saturated carbocycles. The summed E-state index contributed by atoms with van der Waals surface area (Å²) < 4.78 is 0. The monoisotopic (exact) mass is 305 g/mol. The van der Waals surface area contributed by atoms with E-state index in [0.29, 0.717) is 0 Å². The van der Waals surface area contributed by atoms with Crippen molar-refractivity contribution in [3.05, 3.63) is 48.0 Å². The van der Waals surface area contributed by atoms with Crippen molar-refractivity contribution in [2.75, 3.05) is 20.1 Å². The number of piperidine rings is 1. The molecule has 18 heavy (non-hydrogen) atoms. The molecule has 1 fully saturated rings. The number of benzene rings is 2. The SMILES string of the molecule is Br.CN1CCC(c2cccc3ccccc23)CC1. The highest BCUT2D eigenvalue weighted by Gasteiger charge is 2.19. The largest absolute Gasteiger partial charge is 0.306 e. The molecule has 0 unspecified atom stereocenters. The zero-order valence-electron chi connectivity index (χ0n) is 10.8. The number of hydrogen-bond acceptors (Lipinski definition) is 1. The molecule has 1 aliphatic heterocycles. The van der Waals surface area contributed by atoms with Crippen molar-refractivity contribution in [3.63, 3.8) is 0 Å². The van der Waals surface area contributed by atoms with E-state index in [2.05, 4.69) is 54.4 Å². The Morgan fingerprint density at radius 3 is 2.39 bits per heavy atom. The second-order valence-corrected chi connectivity index (χ2v) is 5.15. The van der Waals surface area contributed by atoms with Gasteiger partial charge in [-0.25, -0.2) is 0 Å². The third-order valence-corrected chi connectivity index (χ3v) is 3.98. The van der Waals surface area contributed by atoms with E-state index in [1.54, 1.807) is 5.56 Å². The lowest BCUT2D eigenvalue weighted by Gasteiger charge is -2.29. The first kappa shape index (κ1) is 13.6. The van der Waals surface area contributed by atoms with Crippen molar-refractivity contribution >= 4 is 27.8 Å². The number of rotatable bonds is 1. The fourth-order valence-corrected chi connectivity index (χ4v) is 2.93. The quantitative estimate of drug-likeness (QED) is 0.762. The van der Waals surface area contributed by atoms with Gasteiger partial charge in [0.15, 0.2) is 0 Å². The molecule has 0 bridgehead atoms. The van der Waals surface area contributed by atoms with E-state index in [-0.39, 0.29) is 17.0 Å². The van der Waals surface area contributed by atoms with E-state index in [4.69, 9.17) is 0 Å². The van der Waals surface area contributed by atoms with Crippen LogP contribution in [0.3, 0.4) is 0 Å². The minimum atomic E-state index is 0. The van der Waals surface area contributed by atoms with Crippen molar-refractivity contribution in [2.24, 2.45) is 0 Å². The van der Waals surface area contributed by atoms with E-state index in [1.165, 1.54) is 36.7 Å². The van der Waals surface area contributed by atoms with E-state index in [1.807, 2.05) is 0 Å². The van der Waals surface area contributed by atoms with Crippen LogP contribution in [-0.2, 0) is 0 Å². The highest BCUT2D eigenvalue weighted by Crippen LogP contribution is 2.32. The van der Waals surface area contributed by atoms with Crippen LogP contribution in [0.2, 0.25) is 0 Å². The van der Waals surface area contributed by atoms with Gasteiger partial charge in [-0.3, -0.25) is 0 Å². The van der Waals surface area contributed by atoms with Crippen molar-refractivity contribution in [1.82, 2.24) is 4.90 Å². The second kappa shape index (κ2) is 5.85. The van der Waals surface area contributed by atoms with Gasteiger partial charge in [0, 0.05) is 0 Å². The highest BCUT2D eigenvalue weighted by atomic mass is 79.9. The Bertz CT molecular complexity index is 510. The molecular formula is C16H20BrN. The lowest BCUT2D eigenvalue weighted by Crippen LogP contribution is -2.29. The Hall–Kier alpha value is -0.860. The Labute approximate surface area is 120 Å². The fraction of sp³-hybridized carbons (Fsp3) is 0.375. The maximum absolute atomic E-state index is 2.43. The maximum Gasteiger partial charge on any atom is -0.00159 e. The van der Waals surface area contributed by atoms with Gasteiger partial charge in [-0.2, -0.15) is 0 Å². The first-order valence-electron chi connectivity index (χ1n) is 6.51. The molecule has 2 aromatic carbocycles. The minimum absolute atomic E-state index is 0. The predicted octanol–water partition coefficient (Wildman–Crippen LogP) is 4.23. The van der Waals surface area contributed by atoms with Crippen LogP contribution in [0, 0.1) is 0 Å². The van der Waals surface area contributed by atoms with Gasteiger partial charge in [-0.05, 0) is 55.2 Å². The van der Waals surface area contributed by atoms with E-state index in [0.717, 1.165) is 5.92 Å². The Morgan fingerprint density at radius 1 is 0.944 bits per heavy atom. The number of fused-ring (bicyclic) bond motifs is 1. The summed E-state index contributed by atoms with van der Waals surface area (Å²) in [7, 11) is 2.22. The lowest BCUT2D eigenvalue weighted by atomic mass is 9.86. The molecule has 0 N–H and O–H groups in total. The van der Waals surface area contributed by atoms with Gasteiger partial charge in [0.1, 0.15) is 0 Å². The molecule has 2 aromatic rings. The maximum atomic E-state index is 2.43. The molecule has 0 aromatic heterocycles. The molecular weight excluding hydrogens is 286 g/mol. The normalized spacial score (nSPS) is 17.6. The summed E-state index contributed by atoms with van der Waals surface area (Å²) in [4.78, 5) is 2.43. The number of nitrogens with zero attached hydrogens (tertiary/aromatic N) is 1. The van der Waals surface area contributed by atoms with Gasteiger partial charge in [0.2, 0.25) is 0 Å². The molecule has 0 spiro atoms. The van der Waals surface area contributed by atoms with Crippen LogP contribution in [0.4, 0.5) is 0 Å². The zero-order valence-corrected chi connectivity index (χ0v) is 12.5. The summed E-state index contributed by atoms with van der Waals surface area (Å²) in [6.07, 6.45) is 2.59. The van der Waals surface area contributed by atoms with Crippen LogP contribution >= 0.6 is 17.0 Å². The summed E-state index contributed by atoms with van der Waals surface area (Å²) in [6, 6.07) is 15.5. The van der Waals surface area contributed by atoms with Gasteiger partial charge in [-0.15, -0.1) is 17.0 Å². The molecule has 0 amide bonds. The van der Waals surface area contributed by atoms with Crippen molar-refractivity contribution < 1.29 is 0 Å². The van der Waals surface area contributed by atoms with Gasteiger partial charge in [0.05, 0.1) is 0 Å². The van der Waals surface area contributed by atoms with E-state index >= 15 is 0 Å². The number of hydrogen-bond donors (Lipinski definition) is 0. The Balaban J connectivity index is 0.00000120. The summed E-state index contributed by atoms with van der Waals surface area (Å²) in [5, 5.41) is 2.83. The Morgan fingerprint density at radius 2 is 1.61 bits per heavy atom. The average Bonchev–Trinajstić information content (AvgIpc) is 2.39. The molecule has 0 aliphatic carbocycles. The number of halogens is 1. The molecule has 1 saturated heterocycles. The Kier molecular flexibility index (Phi) is 4.41. The third kappa shape index (κ3) is 2.60. The van der Waals surface area contributed by atoms with Gasteiger partial charge < -0.3 is 4.90 Å². The van der Waals surface area contributed by atoms with Crippen LogP contribution in [0.5, 0.6) is 0 Å². The van der Waals surface area contributed by atoms with Gasteiger partial charge >= 0.3 is 0 Å². The fourth-order valence-electron chi connectivity index (χ4n) is 2.93.